The molecular weight excluding hydrogens is 380 g/mol. The number of ketones is 1. The molecule has 0 radical (unpaired) electrons. The van der Waals surface area contributed by atoms with Gasteiger partial charge in [-0.3, -0.25) is 14.9 Å². The molecule has 2 rings (SSSR count). The lowest BCUT2D eigenvalue weighted by molar-refractivity contribution is -0.118. The number of hydrogen-bond donors (Lipinski definition) is 2. The smallest absolute Gasteiger partial charge is 0.241 e. The number of carbonyl (C=O) groups excluding carboxylic acids is 2. The molecular formula is C20H23BrN2O2. The minimum absolute atomic E-state index is 0.0245. The van der Waals surface area contributed by atoms with Gasteiger partial charge in [-0.15, -0.1) is 0 Å². The Morgan fingerprint density at radius 1 is 1.12 bits per heavy atom. The highest BCUT2D eigenvalue weighted by Gasteiger charge is 2.18. The van der Waals surface area contributed by atoms with Crippen molar-refractivity contribution < 1.29 is 9.59 Å². The number of halogens is 1. The van der Waals surface area contributed by atoms with Crippen LogP contribution in [0.5, 0.6) is 0 Å². The van der Waals surface area contributed by atoms with E-state index < -0.39 is 0 Å². The van der Waals surface area contributed by atoms with E-state index in [1.807, 2.05) is 31.2 Å². The summed E-state index contributed by atoms with van der Waals surface area (Å²) in [6, 6.07) is 14.8. The van der Waals surface area contributed by atoms with Crippen molar-refractivity contribution in [1.82, 2.24) is 5.32 Å². The van der Waals surface area contributed by atoms with Crippen LogP contribution in [0.15, 0.2) is 53.0 Å². The first kappa shape index (κ1) is 19.3. The fraction of sp³-hybridized carbons (Fsp3) is 0.300. The fourth-order valence-electron chi connectivity index (χ4n) is 2.59. The van der Waals surface area contributed by atoms with Gasteiger partial charge in [-0.2, -0.15) is 0 Å². The fourth-order valence-corrected chi connectivity index (χ4v) is 2.85. The van der Waals surface area contributed by atoms with Crippen LogP contribution in [0.1, 0.15) is 49.2 Å². The Morgan fingerprint density at radius 3 is 2.40 bits per heavy atom. The van der Waals surface area contributed by atoms with Crippen LogP contribution in [-0.2, 0) is 4.79 Å². The molecule has 0 spiro atoms. The lowest BCUT2D eigenvalue weighted by Gasteiger charge is -2.22. The minimum Gasteiger partial charge on any atom is -0.325 e. The maximum absolute atomic E-state index is 12.5. The topological polar surface area (TPSA) is 58.2 Å². The molecule has 1 amide bonds. The van der Waals surface area contributed by atoms with Crippen molar-refractivity contribution in [2.45, 2.75) is 39.3 Å². The number of amides is 1. The molecule has 2 aromatic carbocycles. The normalized spacial score (nSPS) is 13.1. The highest BCUT2D eigenvalue weighted by Crippen LogP contribution is 2.20. The molecule has 0 bridgehead atoms. The van der Waals surface area contributed by atoms with E-state index in [0.717, 1.165) is 16.5 Å². The number of hydrogen-bond acceptors (Lipinski definition) is 3. The van der Waals surface area contributed by atoms with Gasteiger partial charge in [-0.05, 0) is 50.1 Å². The Hall–Kier alpha value is -1.98. The highest BCUT2D eigenvalue weighted by molar-refractivity contribution is 9.10. The Bertz CT molecular complexity index is 744. The van der Waals surface area contributed by atoms with E-state index >= 15 is 0 Å². The first-order valence-corrected chi connectivity index (χ1v) is 9.13. The number of rotatable bonds is 7. The SMILES string of the molecule is CC[C@@H](N[C@H](C)C(=O)Nc1cccc(C(C)=O)c1)c1ccc(Br)cc1. The van der Waals surface area contributed by atoms with Crippen LogP contribution < -0.4 is 10.6 Å². The molecule has 2 N–H and O–H groups in total. The minimum atomic E-state index is -0.366. The van der Waals surface area contributed by atoms with E-state index in [1.54, 1.807) is 24.3 Å². The van der Waals surface area contributed by atoms with E-state index in [-0.39, 0.29) is 23.8 Å². The molecule has 0 unspecified atom stereocenters. The van der Waals surface area contributed by atoms with Gasteiger partial charge in [-0.25, -0.2) is 0 Å². The summed E-state index contributed by atoms with van der Waals surface area (Å²) in [5.74, 6) is -0.153. The number of Topliss-reactive ketones (excluding diaryl/α,β-unsaturated/α-hetero) is 1. The third-order valence-electron chi connectivity index (χ3n) is 4.06. The molecule has 5 heteroatoms. The van der Waals surface area contributed by atoms with E-state index in [0.29, 0.717) is 11.3 Å². The summed E-state index contributed by atoms with van der Waals surface area (Å²) in [6.45, 7) is 5.43. The summed E-state index contributed by atoms with van der Waals surface area (Å²) in [5.41, 5.74) is 2.35. The van der Waals surface area contributed by atoms with Gasteiger partial charge >= 0.3 is 0 Å². The van der Waals surface area contributed by atoms with E-state index in [4.69, 9.17) is 0 Å². The second-order valence-corrected chi connectivity index (χ2v) is 6.94. The highest BCUT2D eigenvalue weighted by atomic mass is 79.9. The molecule has 0 aliphatic carbocycles. The third-order valence-corrected chi connectivity index (χ3v) is 4.59. The van der Waals surface area contributed by atoms with Crippen LogP contribution in [0.4, 0.5) is 5.69 Å². The molecule has 0 heterocycles. The van der Waals surface area contributed by atoms with Gasteiger partial charge in [0.05, 0.1) is 6.04 Å². The van der Waals surface area contributed by atoms with Gasteiger partial charge in [0.1, 0.15) is 0 Å². The van der Waals surface area contributed by atoms with E-state index in [2.05, 4.69) is 33.5 Å². The summed E-state index contributed by atoms with van der Waals surface area (Å²) >= 11 is 3.44. The lowest BCUT2D eigenvalue weighted by Crippen LogP contribution is -2.40. The molecule has 0 saturated carbocycles. The van der Waals surface area contributed by atoms with Gasteiger partial charge in [0.2, 0.25) is 5.91 Å². The quantitative estimate of drug-likeness (QED) is 0.658. The van der Waals surface area contributed by atoms with Gasteiger partial charge in [0.15, 0.2) is 5.78 Å². The van der Waals surface area contributed by atoms with Crippen molar-refractivity contribution in [3.8, 4) is 0 Å². The third kappa shape index (κ3) is 5.51. The van der Waals surface area contributed by atoms with Crippen molar-refractivity contribution >= 4 is 33.3 Å². The number of benzene rings is 2. The molecule has 0 saturated heterocycles. The monoisotopic (exact) mass is 402 g/mol. The Labute approximate surface area is 157 Å². The van der Waals surface area contributed by atoms with Crippen LogP contribution in [0.3, 0.4) is 0 Å². The Balaban J connectivity index is 2.02. The summed E-state index contributed by atoms with van der Waals surface area (Å²) in [6.07, 6.45) is 0.874. The average molecular weight is 403 g/mol. The van der Waals surface area contributed by atoms with Crippen LogP contribution in [0.25, 0.3) is 0 Å². The first-order chi connectivity index (χ1) is 11.9. The van der Waals surface area contributed by atoms with Gasteiger partial charge in [0.25, 0.3) is 0 Å². The van der Waals surface area contributed by atoms with Crippen molar-refractivity contribution in [1.29, 1.82) is 0 Å². The molecule has 0 aliphatic heterocycles. The zero-order valence-corrected chi connectivity index (χ0v) is 16.3. The summed E-state index contributed by atoms with van der Waals surface area (Å²) < 4.78 is 1.03. The molecule has 4 nitrogen and oxygen atoms in total. The van der Waals surface area contributed by atoms with Crippen molar-refractivity contribution in [2.24, 2.45) is 0 Å². The van der Waals surface area contributed by atoms with Crippen molar-refractivity contribution in [3.63, 3.8) is 0 Å². The van der Waals surface area contributed by atoms with Gasteiger partial charge < -0.3 is 5.32 Å². The summed E-state index contributed by atoms with van der Waals surface area (Å²) in [5, 5.41) is 6.23. The van der Waals surface area contributed by atoms with Crippen LogP contribution in [0.2, 0.25) is 0 Å². The molecule has 132 valence electrons. The summed E-state index contributed by atoms with van der Waals surface area (Å²) in [7, 11) is 0. The predicted octanol–water partition coefficient (Wildman–Crippen LogP) is 4.72. The molecule has 0 aliphatic rings. The predicted molar refractivity (Wildman–Crippen MR) is 105 cm³/mol. The number of nitrogens with one attached hydrogen (secondary N) is 2. The van der Waals surface area contributed by atoms with Gasteiger partial charge in [-0.1, -0.05) is 47.1 Å². The molecule has 0 fully saturated rings. The maximum Gasteiger partial charge on any atom is 0.241 e. The number of carbonyl (C=O) groups is 2. The average Bonchev–Trinajstić information content (AvgIpc) is 2.60. The largest absolute Gasteiger partial charge is 0.325 e. The Kier molecular flexibility index (Phi) is 6.91. The zero-order chi connectivity index (χ0) is 18.4. The van der Waals surface area contributed by atoms with Gasteiger partial charge in [0, 0.05) is 21.8 Å². The standard InChI is InChI=1S/C20H23BrN2O2/c1-4-19(15-8-10-17(21)11-9-15)22-13(2)20(25)23-18-7-5-6-16(12-18)14(3)24/h5-13,19,22H,4H2,1-3H3,(H,23,25)/t13-,19-/m1/s1. The zero-order valence-electron chi connectivity index (χ0n) is 14.7. The van der Waals surface area contributed by atoms with Crippen LogP contribution in [-0.4, -0.2) is 17.7 Å². The lowest BCUT2D eigenvalue weighted by atomic mass is 10.0. The van der Waals surface area contributed by atoms with Crippen LogP contribution >= 0.6 is 15.9 Å². The van der Waals surface area contributed by atoms with E-state index in [1.165, 1.54) is 6.92 Å². The second-order valence-electron chi connectivity index (χ2n) is 6.03. The molecule has 25 heavy (non-hydrogen) atoms. The Morgan fingerprint density at radius 2 is 1.80 bits per heavy atom. The maximum atomic E-state index is 12.5. The van der Waals surface area contributed by atoms with Crippen molar-refractivity contribution in [3.05, 3.63) is 64.1 Å². The van der Waals surface area contributed by atoms with Crippen LogP contribution in [0, 0.1) is 0 Å². The van der Waals surface area contributed by atoms with Crippen molar-refractivity contribution in [2.75, 3.05) is 5.32 Å². The number of anilines is 1. The first-order valence-electron chi connectivity index (χ1n) is 8.34. The molecule has 0 aromatic heterocycles. The molecule has 2 aromatic rings. The summed E-state index contributed by atoms with van der Waals surface area (Å²) in [4.78, 5) is 23.9. The van der Waals surface area contributed by atoms with E-state index in [9.17, 15) is 9.59 Å². The molecule has 2 atom stereocenters. The second kappa shape index (κ2) is 8.92.